The lowest BCUT2D eigenvalue weighted by Gasteiger charge is -2.31. The molecule has 0 radical (unpaired) electrons. The minimum absolute atomic E-state index is 0.291. The van der Waals surface area contributed by atoms with Gasteiger partial charge in [0.25, 0.3) is 0 Å². The van der Waals surface area contributed by atoms with Gasteiger partial charge in [-0.25, -0.2) is 9.52 Å². The van der Waals surface area contributed by atoms with Crippen molar-refractivity contribution in [2.24, 2.45) is 5.92 Å². The normalized spacial score (nSPS) is 16.2. The Morgan fingerprint density at radius 1 is 1.18 bits per heavy atom. The van der Waals surface area contributed by atoms with Crippen LogP contribution in [0.4, 0.5) is 4.79 Å². The topological polar surface area (TPSA) is 103 Å². The maximum absolute atomic E-state index is 12.6. The lowest BCUT2D eigenvalue weighted by atomic mass is 9.98. The first-order valence-corrected chi connectivity index (χ1v) is 12.4. The van der Waals surface area contributed by atoms with E-state index in [1.54, 1.807) is 34.1 Å². The molecule has 10 heteroatoms. The Hall–Kier alpha value is -2.85. The molecule has 3 aromatic rings. The molecule has 1 aromatic carbocycles. The number of pyridine rings is 1. The van der Waals surface area contributed by atoms with Gasteiger partial charge >= 0.3 is 16.3 Å². The van der Waals surface area contributed by atoms with Crippen molar-refractivity contribution in [3.63, 3.8) is 0 Å². The van der Waals surface area contributed by atoms with E-state index in [1.165, 1.54) is 4.31 Å². The molecule has 1 saturated heterocycles. The average Bonchev–Trinajstić information content (AvgIpc) is 3.05. The predicted octanol–water partition coefficient (Wildman–Crippen LogP) is 3.68. The minimum atomic E-state index is -3.94. The number of piperidine rings is 1. The van der Waals surface area contributed by atoms with Crippen LogP contribution in [-0.4, -0.2) is 54.2 Å². The van der Waals surface area contributed by atoms with Crippen LogP contribution in [-0.2, 0) is 21.5 Å². The molecular weight excluding hydrogens is 444 g/mol. The molecule has 0 spiro atoms. The zero-order valence-corrected chi connectivity index (χ0v) is 20.2. The highest BCUT2D eigenvalue weighted by Gasteiger charge is 2.31. The highest BCUT2D eigenvalue weighted by molar-refractivity contribution is 7.87. The SMILES string of the molecule is COc1ccc2c(c1)c1ncccc1n2CC1CCN(S(=O)(=O)NC(=O)OC(C)(C)C)CC1. The van der Waals surface area contributed by atoms with Gasteiger partial charge in [0, 0.05) is 31.2 Å². The van der Waals surface area contributed by atoms with Crippen LogP contribution in [0.1, 0.15) is 33.6 Å². The maximum Gasteiger partial charge on any atom is 0.422 e. The number of fused-ring (bicyclic) bond motifs is 3. The zero-order chi connectivity index (χ0) is 23.8. The number of nitrogens with zero attached hydrogens (tertiary/aromatic N) is 3. The fourth-order valence-corrected chi connectivity index (χ4v) is 5.35. The summed E-state index contributed by atoms with van der Waals surface area (Å²) in [6, 6.07) is 9.96. The van der Waals surface area contributed by atoms with E-state index < -0.39 is 21.9 Å². The molecular formula is C23H30N4O5S. The number of carbonyl (C=O) groups excluding carboxylic acids is 1. The van der Waals surface area contributed by atoms with Crippen LogP contribution in [0.3, 0.4) is 0 Å². The van der Waals surface area contributed by atoms with Crippen LogP contribution in [0.5, 0.6) is 5.75 Å². The van der Waals surface area contributed by atoms with Crippen molar-refractivity contribution in [3.05, 3.63) is 36.5 Å². The molecule has 0 unspecified atom stereocenters. The molecule has 2 aromatic heterocycles. The Balaban J connectivity index is 1.48. The third-order valence-corrected chi connectivity index (χ3v) is 7.26. The van der Waals surface area contributed by atoms with Gasteiger partial charge < -0.3 is 14.0 Å². The molecule has 1 aliphatic heterocycles. The van der Waals surface area contributed by atoms with Gasteiger partial charge in [0.2, 0.25) is 0 Å². The quantitative estimate of drug-likeness (QED) is 0.605. The second-order valence-corrected chi connectivity index (χ2v) is 11.0. The number of rotatable bonds is 5. The molecule has 1 fully saturated rings. The summed E-state index contributed by atoms with van der Waals surface area (Å²) in [5, 5.41) is 1.03. The second kappa shape index (κ2) is 8.83. The summed E-state index contributed by atoms with van der Waals surface area (Å²) in [7, 11) is -2.29. The molecule has 1 amide bonds. The number of amides is 1. The molecule has 4 rings (SSSR count). The van der Waals surface area contributed by atoms with E-state index in [2.05, 4.69) is 15.6 Å². The number of benzene rings is 1. The summed E-state index contributed by atoms with van der Waals surface area (Å²) in [6.45, 7) is 6.49. The summed E-state index contributed by atoms with van der Waals surface area (Å²) >= 11 is 0. The van der Waals surface area contributed by atoms with E-state index in [-0.39, 0.29) is 0 Å². The molecule has 1 N–H and O–H groups in total. The zero-order valence-electron chi connectivity index (χ0n) is 19.4. The minimum Gasteiger partial charge on any atom is -0.497 e. The first-order chi connectivity index (χ1) is 15.6. The molecule has 178 valence electrons. The predicted molar refractivity (Wildman–Crippen MR) is 126 cm³/mol. The van der Waals surface area contributed by atoms with E-state index in [0.717, 1.165) is 34.2 Å². The van der Waals surface area contributed by atoms with Gasteiger partial charge in [-0.15, -0.1) is 0 Å². The Labute approximate surface area is 193 Å². The summed E-state index contributed by atoms with van der Waals surface area (Å²) in [5.41, 5.74) is 2.27. The van der Waals surface area contributed by atoms with Crippen molar-refractivity contribution in [3.8, 4) is 5.75 Å². The lowest BCUT2D eigenvalue weighted by Crippen LogP contribution is -2.48. The van der Waals surface area contributed by atoms with Gasteiger partial charge in [0.15, 0.2) is 0 Å². The summed E-state index contributed by atoms with van der Waals surface area (Å²) in [4.78, 5) is 16.5. The number of aromatic nitrogens is 2. The molecule has 9 nitrogen and oxygen atoms in total. The smallest absolute Gasteiger partial charge is 0.422 e. The number of hydrogen-bond acceptors (Lipinski definition) is 6. The standard InChI is InChI=1S/C23H30N4O5S/c1-23(2,3)32-22(28)25-33(29,30)26-12-9-16(10-13-26)15-27-19-8-7-17(31-4)14-18(19)21-20(27)6-5-11-24-21/h5-8,11,14,16H,9-10,12-13,15H2,1-4H3,(H,25,28). The maximum atomic E-state index is 12.6. The second-order valence-electron chi connectivity index (χ2n) is 9.32. The van der Waals surface area contributed by atoms with Crippen LogP contribution in [0.15, 0.2) is 36.5 Å². The highest BCUT2D eigenvalue weighted by atomic mass is 32.2. The van der Waals surface area contributed by atoms with Crippen LogP contribution in [0, 0.1) is 5.92 Å². The third kappa shape index (κ3) is 5.06. The molecule has 0 atom stereocenters. The van der Waals surface area contributed by atoms with E-state index >= 15 is 0 Å². The van der Waals surface area contributed by atoms with Gasteiger partial charge in [-0.05, 0) is 69.9 Å². The average molecular weight is 475 g/mol. The van der Waals surface area contributed by atoms with Gasteiger partial charge in [-0.2, -0.15) is 12.7 Å². The van der Waals surface area contributed by atoms with Crippen LogP contribution in [0.25, 0.3) is 21.9 Å². The largest absolute Gasteiger partial charge is 0.497 e. The Morgan fingerprint density at radius 3 is 2.58 bits per heavy atom. The van der Waals surface area contributed by atoms with E-state index in [1.807, 2.05) is 29.0 Å². The Kier molecular flexibility index (Phi) is 6.24. The summed E-state index contributed by atoms with van der Waals surface area (Å²) in [6.07, 6.45) is 2.20. The Bertz CT molecular complexity index is 1270. The highest BCUT2D eigenvalue weighted by Crippen LogP contribution is 2.32. The van der Waals surface area contributed by atoms with Crippen LogP contribution < -0.4 is 9.46 Å². The Morgan fingerprint density at radius 2 is 1.91 bits per heavy atom. The van der Waals surface area contributed by atoms with Crippen molar-refractivity contribution < 1.29 is 22.7 Å². The lowest BCUT2D eigenvalue weighted by molar-refractivity contribution is 0.0566. The van der Waals surface area contributed by atoms with E-state index in [0.29, 0.717) is 31.8 Å². The van der Waals surface area contributed by atoms with Gasteiger partial charge in [0.1, 0.15) is 11.4 Å². The fourth-order valence-electron chi connectivity index (χ4n) is 4.27. The monoisotopic (exact) mass is 474 g/mol. The van der Waals surface area contributed by atoms with Gasteiger partial charge in [0.05, 0.1) is 23.7 Å². The summed E-state index contributed by atoms with van der Waals surface area (Å²) < 4.78 is 41.3. The van der Waals surface area contributed by atoms with Gasteiger partial charge in [-0.3, -0.25) is 4.98 Å². The van der Waals surface area contributed by atoms with Crippen molar-refractivity contribution >= 4 is 38.2 Å². The van der Waals surface area contributed by atoms with E-state index in [4.69, 9.17) is 9.47 Å². The fraction of sp³-hybridized carbons (Fsp3) is 0.478. The summed E-state index contributed by atoms with van der Waals surface area (Å²) in [5.74, 6) is 1.07. The molecule has 0 saturated carbocycles. The number of hydrogen-bond donors (Lipinski definition) is 1. The molecule has 0 bridgehead atoms. The van der Waals surface area contributed by atoms with Crippen molar-refractivity contribution in [2.45, 2.75) is 45.8 Å². The van der Waals surface area contributed by atoms with Crippen LogP contribution in [0.2, 0.25) is 0 Å². The van der Waals surface area contributed by atoms with Crippen molar-refractivity contribution in [1.29, 1.82) is 0 Å². The van der Waals surface area contributed by atoms with Gasteiger partial charge in [-0.1, -0.05) is 0 Å². The van der Waals surface area contributed by atoms with Crippen molar-refractivity contribution in [1.82, 2.24) is 18.6 Å². The van der Waals surface area contributed by atoms with E-state index in [9.17, 15) is 13.2 Å². The molecule has 3 heterocycles. The number of carbonyl (C=O) groups is 1. The van der Waals surface area contributed by atoms with Crippen molar-refractivity contribution in [2.75, 3.05) is 20.2 Å². The number of nitrogens with one attached hydrogen (secondary N) is 1. The molecule has 0 aliphatic carbocycles. The third-order valence-electron chi connectivity index (χ3n) is 5.79. The number of methoxy groups -OCH3 is 1. The van der Waals surface area contributed by atoms with Crippen LogP contribution >= 0.6 is 0 Å². The number of ether oxygens (including phenoxy) is 2. The molecule has 1 aliphatic rings. The first-order valence-electron chi connectivity index (χ1n) is 11.0. The first kappa shape index (κ1) is 23.3. The molecule has 33 heavy (non-hydrogen) atoms.